The Bertz CT molecular complexity index is 603. The number of aryl methyl sites for hydroxylation is 1. The molecule has 1 amide bonds. The van der Waals surface area contributed by atoms with Gasteiger partial charge in [0.1, 0.15) is 0 Å². The molecule has 0 aliphatic carbocycles. The summed E-state index contributed by atoms with van der Waals surface area (Å²) in [7, 11) is 0. The molecule has 0 bridgehead atoms. The summed E-state index contributed by atoms with van der Waals surface area (Å²) < 4.78 is 0. The van der Waals surface area contributed by atoms with E-state index in [1.165, 1.54) is 24.0 Å². The highest BCUT2D eigenvalue weighted by atomic mass is 16.1. The van der Waals surface area contributed by atoms with Crippen molar-refractivity contribution in [3.05, 3.63) is 65.2 Å². The summed E-state index contributed by atoms with van der Waals surface area (Å²) in [5, 5.41) is 2.97. The number of benzene rings is 2. The number of anilines is 1. The minimum absolute atomic E-state index is 0.0711. The second-order valence-electron chi connectivity index (χ2n) is 5.94. The molecule has 0 radical (unpaired) electrons. The molecule has 0 unspecified atom stereocenters. The molecule has 0 heterocycles. The summed E-state index contributed by atoms with van der Waals surface area (Å²) in [5.74, 6) is 0.0711. The summed E-state index contributed by atoms with van der Waals surface area (Å²) in [4.78, 5) is 12.0. The van der Waals surface area contributed by atoms with Gasteiger partial charge in [-0.05, 0) is 48.1 Å². The Balaban J connectivity index is 1.72. The molecule has 3 heteroatoms. The van der Waals surface area contributed by atoms with Crippen LogP contribution in [-0.4, -0.2) is 12.5 Å². The predicted molar refractivity (Wildman–Crippen MR) is 96.3 cm³/mol. The number of amides is 1. The molecule has 0 aliphatic rings. The van der Waals surface area contributed by atoms with Crippen LogP contribution in [0.3, 0.4) is 0 Å². The van der Waals surface area contributed by atoms with Gasteiger partial charge in [0.25, 0.3) is 0 Å². The number of rotatable bonds is 8. The number of unbranched alkanes of at least 4 members (excludes halogenated alkanes) is 1. The molecule has 0 saturated carbocycles. The Kier molecular flexibility index (Phi) is 6.67. The van der Waals surface area contributed by atoms with Crippen LogP contribution in [0.15, 0.2) is 48.5 Å². The SMILES string of the molecule is CCCCc1ccc(CC(=O)NCCc2ccc(N)cc2)cc1. The Morgan fingerprint density at radius 3 is 2.13 bits per heavy atom. The van der Waals surface area contributed by atoms with Crippen LogP contribution in [0.5, 0.6) is 0 Å². The zero-order chi connectivity index (χ0) is 16.5. The van der Waals surface area contributed by atoms with Crippen molar-refractivity contribution in [2.24, 2.45) is 0 Å². The number of hydrogen-bond donors (Lipinski definition) is 2. The third-order valence-electron chi connectivity index (χ3n) is 3.92. The van der Waals surface area contributed by atoms with Crippen molar-refractivity contribution < 1.29 is 4.79 Å². The van der Waals surface area contributed by atoms with Crippen molar-refractivity contribution in [3.63, 3.8) is 0 Å². The Hall–Kier alpha value is -2.29. The monoisotopic (exact) mass is 310 g/mol. The average Bonchev–Trinajstić information content (AvgIpc) is 2.56. The first kappa shape index (κ1) is 17.1. The van der Waals surface area contributed by atoms with E-state index in [2.05, 4.69) is 36.5 Å². The van der Waals surface area contributed by atoms with Crippen molar-refractivity contribution in [1.29, 1.82) is 0 Å². The molecule has 0 fully saturated rings. The van der Waals surface area contributed by atoms with E-state index in [0.29, 0.717) is 13.0 Å². The lowest BCUT2D eigenvalue weighted by molar-refractivity contribution is -0.120. The van der Waals surface area contributed by atoms with Crippen molar-refractivity contribution >= 4 is 11.6 Å². The van der Waals surface area contributed by atoms with Gasteiger partial charge in [0.15, 0.2) is 0 Å². The first-order valence-electron chi connectivity index (χ1n) is 8.36. The molecule has 0 aromatic heterocycles. The molecule has 0 saturated heterocycles. The summed E-state index contributed by atoms with van der Waals surface area (Å²) in [6.45, 7) is 2.85. The van der Waals surface area contributed by atoms with Crippen LogP contribution in [0.25, 0.3) is 0 Å². The van der Waals surface area contributed by atoms with Crippen LogP contribution >= 0.6 is 0 Å². The first-order valence-corrected chi connectivity index (χ1v) is 8.36. The maximum atomic E-state index is 12.0. The molecule has 3 N–H and O–H groups in total. The zero-order valence-corrected chi connectivity index (χ0v) is 13.8. The summed E-state index contributed by atoms with van der Waals surface area (Å²) in [6, 6.07) is 16.1. The van der Waals surface area contributed by atoms with Crippen molar-refractivity contribution in [3.8, 4) is 0 Å². The van der Waals surface area contributed by atoms with Gasteiger partial charge in [-0.15, -0.1) is 0 Å². The quantitative estimate of drug-likeness (QED) is 0.733. The largest absolute Gasteiger partial charge is 0.399 e. The fourth-order valence-corrected chi connectivity index (χ4v) is 2.48. The van der Waals surface area contributed by atoms with Gasteiger partial charge in [-0.25, -0.2) is 0 Å². The third-order valence-corrected chi connectivity index (χ3v) is 3.92. The van der Waals surface area contributed by atoms with Gasteiger partial charge in [0, 0.05) is 12.2 Å². The molecule has 122 valence electrons. The lowest BCUT2D eigenvalue weighted by atomic mass is 10.0. The smallest absolute Gasteiger partial charge is 0.224 e. The maximum Gasteiger partial charge on any atom is 0.224 e. The van der Waals surface area contributed by atoms with Gasteiger partial charge in [0.2, 0.25) is 5.91 Å². The topological polar surface area (TPSA) is 55.1 Å². The highest BCUT2D eigenvalue weighted by Gasteiger charge is 2.03. The lowest BCUT2D eigenvalue weighted by Gasteiger charge is -2.07. The minimum atomic E-state index is 0.0711. The van der Waals surface area contributed by atoms with E-state index >= 15 is 0 Å². The van der Waals surface area contributed by atoms with Crippen molar-refractivity contribution in [2.75, 3.05) is 12.3 Å². The van der Waals surface area contributed by atoms with Crippen LogP contribution in [0, 0.1) is 0 Å². The van der Waals surface area contributed by atoms with Crippen LogP contribution in [0.4, 0.5) is 5.69 Å². The van der Waals surface area contributed by atoms with Gasteiger partial charge in [-0.1, -0.05) is 49.7 Å². The van der Waals surface area contributed by atoms with E-state index in [9.17, 15) is 4.79 Å². The zero-order valence-electron chi connectivity index (χ0n) is 13.8. The number of carbonyl (C=O) groups is 1. The first-order chi connectivity index (χ1) is 11.2. The van der Waals surface area contributed by atoms with Crippen LogP contribution in [-0.2, 0) is 24.1 Å². The van der Waals surface area contributed by atoms with Gasteiger partial charge in [-0.3, -0.25) is 4.79 Å². The average molecular weight is 310 g/mol. The van der Waals surface area contributed by atoms with Crippen LogP contribution in [0.2, 0.25) is 0 Å². The van der Waals surface area contributed by atoms with E-state index in [0.717, 1.165) is 24.1 Å². The van der Waals surface area contributed by atoms with E-state index < -0.39 is 0 Å². The lowest BCUT2D eigenvalue weighted by Crippen LogP contribution is -2.27. The number of nitrogen functional groups attached to an aromatic ring is 1. The standard InChI is InChI=1S/C20H26N2O/c1-2-3-4-16-5-7-18(8-6-16)15-20(23)22-14-13-17-9-11-19(21)12-10-17/h5-12H,2-4,13-15,21H2,1H3,(H,22,23). The highest BCUT2D eigenvalue weighted by Crippen LogP contribution is 2.09. The molecule has 0 spiro atoms. The number of hydrogen-bond acceptors (Lipinski definition) is 2. The van der Waals surface area contributed by atoms with E-state index in [-0.39, 0.29) is 5.91 Å². The van der Waals surface area contributed by atoms with Gasteiger partial charge in [-0.2, -0.15) is 0 Å². The fraction of sp³-hybridized carbons (Fsp3) is 0.350. The van der Waals surface area contributed by atoms with E-state index in [4.69, 9.17) is 5.73 Å². The van der Waals surface area contributed by atoms with Crippen molar-refractivity contribution in [2.45, 2.75) is 39.0 Å². The fourth-order valence-electron chi connectivity index (χ4n) is 2.48. The molecular formula is C20H26N2O. The molecule has 0 atom stereocenters. The molecule has 0 aliphatic heterocycles. The van der Waals surface area contributed by atoms with Crippen LogP contribution < -0.4 is 11.1 Å². The Morgan fingerprint density at radius 2 is 1.48 bits per heavy atom. The molecule has 2 rings (SSSR count). The minimum Gasteiger partial charge on any atom is -0.399 e. The second-order valence-corrected chi connectivity index (χ2v) is 5.94. The van der Waals surface area contributed by atoms with Gasteiger partial charge >= 0.3 is 0 Å². The van der Waals surface area contributed by atoms with E-state index in [1.807, 2.05) is 24.3 Å². The van der Waals surface area contributed by atoms with Gasteiger partial charge < -0.3 is 11.1 Å². The number of carbonyl (C=O) groups excluding carboxylic acids is 1. The Labute approximate surface area is 138 Å². The highest BCUT2D eigenvalue weighted by molar-refractivity contribution is 5.78. The summed E-state index contributed by atoms with van der Waals surface area (Å²) >= 11 is 0. The Morgan fingerprint density at radius 1 is 0.913 bits per heavy atom. The number of nitrogens with one attached hydrogen (secondary N) is 1. The summed E-state index contributed by atoms with van der Waals surface area (Å²) in [5.41, 5.74) is 10.0. The normalized spacial score (nSPS) is 10.5. The number of nitrogens with two attached hydrogens (primary N) is 1. The summed E-state index contributed by atoms with van der Waals surface area (Å²) in [6.07, 6.45) is 4.80. The molecule has 23 heavy (non-hydrogen) atoms. The molecule has 3 nitrogen and oxygen atoms in total. The third kappa shape index (κ3) is 6.15. The second kappa shape index (κ2) is 8.99. The molecule has 2 aromatic rings. The molecule has 2 aromatic carbocycles. The van der Waals surface area contributed by atoms with Crippen molar-refractivity contribution in [1.82, 2.24) is 5.32 Å². The van der Waals surface area contributed by atoms with Crippen LogP contribution in [0.1, 0.15) is 36.5 Å². The van der Waals surface area contributed by atoms with Gasteiger partial charge in [0.05, 0.1) is 6.42 Å². The maximum absolute atomic E-state index is 12.0. The molecular weight excluding hydrogens is 284 g/mol. The van der Waals surface area contributed by atoms with E-state index in [1.54, 1.807) is 0 Å². The predicted octanol–water partition coefficient (Wildman–Crippen LogP) is 3.51.